The summed E-state index contributed by atoms with van der Waals surface area (Å²) in [5.74, 6) is -0.211. The van der Waals surface area contributed by atoms with Crippen LogP contribution in [0, 0.1) is 0 Å². The zero-order valence-corrected chi connectivity index (χ0v) is 8.62. The number of hydrogen-bond donors (Lipinski definition) is 2. The Kier molecular flexibility index (Phi) is 2.60. The van der Waals surface area contributed by atoms with E-state index in [1.165, 1.54) is 12.7 Å². The molecule has 0 aromatic heterocycles. The van der Waals surface area contributed by atoms with E-state index in [9.17, 15) is 4.79 Å². The molecule has 1 aliphatic heterocycles. The highest BCUT2D eigenvalue weighted by molar-refractivity contribution is 5.76. The third kappa shape index (κ3) is 1.94. The first-order valence-electron chi connectivity index (χ1n) is 4.89. The van der Waals surface area contributed by atoms with E-state index in [1.807, 2.05) is 18.2 Å². The van der Waals surface area contributed by atoms with Crippen LogP contribution in [0.3, 0.4) is 0 Å². The Bertz CT molecular complexity index is 390. The Morgan fingerprint density at radius 2 is 2.33 bits per heavy atom. The normalized spacial score (nSPS) is 19.4. The molecule has 0 bridgehead atoms. The Morgan fingerprint density at radius 1 is 1.53 bits per heavy atom. The fourth-order valence-electron chi connectivity index (χ4n) is 1.84. The summed E-state index contributed by atoms with van der Waals surface area (Å²) in [4.78, 5) is 11.3. The third-order valence-electron chi connectivity index (χ3n) is 2.68. The molecule has 1 aromatic rings. The summed E-state index contributed by atoms with van der Waals surface area (Å²) in [6, 6.07) is 5.54. The van der Waals surface area contributed by atoms with Gasteiger partial charge in [-0.1, -0.05) is 6.07 Å². The van der Waals surface area contributed by atoms with Crippen molar-refractivity contribution in [1.29, 1.82) is 0 Å². The first kappa shape index (κ1) is 9.98. The van der Waals surface area contributed by atoms with E-state index in [2.05, 4.69) is 5.32 Å². The number of anilines is 1. The van der Waals surface area contributed by atoms with E-state index < -0.39 is 0 Å². The van der Waals surface area contributed by atoms with Gasteiger partial charge in [0.2, 0.25) is 0 Å². The molecule has 4 nitrogen and oxygen atoms in total. The Labute approximate surface area is 88.4 Å². The van der Waals surface area contributed by atoms with Gasteiger partial charge in [-0.05, 0) is 29.7 Å². The van der Waals surface area contributed by atoms with Crippen molar-refractivity contribution in [3.05, 3.63) is 29.3 Å². The van der Waals surface area contributed by atoms with Crippen LogP contribution in [0.2, 0.25) is 0 Å². The minimum atomic E-state index is -0.230. The predicted molar refractivity (Wildman–Crippen MR) is 57.2 cm³/mol. The van der Waals surface area contributed by atoms with Crippen molar-refractivity contribution in [2.24, 2.45) is 0 Å². The summed E-state index contributed by atoms with van der Waals surface area (Å²) in [7, 11) is 1.41. The van der Waals surface area contributed by atoms with Gasteiger partial charge in [-0.2, -0.15) is 0 Å². The summed E-state index contributed by atoms with van der Waals surface area (Å²) >= 11 is 0. The van der Waals surface area contributed by atoms with E-state index in [-0.39, 0.29) is 12.0 Å². The molecule has 2 rings (SSSR count). The van der Waals surface area contributed by atoms with Crippen LogP contribution in [0.15, 0.2) is 18.2 Å². The van der Waals surface area contributed by atoms with Crippen molar-refractivity contribution in [2.45, 2.75) is 19.0 Å². The van der Waals surface area contributed by atoms with E-state index in [0.717, 1.165) is 11.3 Å². The zero-order chi connectivity index (χ0) is 10.8. The van der Waals surface area contributed by atoms with Crippen LogP contribution < -0.4 is 11.1 Å². The van der Waals surface area contributed by atoms with Crippen LogP contribution in [-0.2, 0) is 22.5 Å². The summed E-state index contributed by atoms with van der Waals surface area (Å²) < 4.78 is 4.70. The van der Waals surface area contributed by atoms with Crippen LogP contribution in [-0.4, -0.2) is 19.1 Å². The van der Waals surface area contributed by atoms with Gasteiger partial charge < -0.3 is 15.8 Å². The highest BCUT2D eigenvalue weighted by Gasteiger charge is 2.24. The minimum Gasteiger partial charge on any atom is -0.468 e. The second-order valence-corrected chi connectivity index (χ2v) is 3.69. The molecule has 0 fully saturated rings. The SMILES string of the molecule is COC(=O)[C@@H]1Cc2ccc(N)cc2CN1. The maximum atomic E-state index is 11.3. The zero-order valence-electron chi connectivity index (χ0n) is 8.62. The second kappa shape index (κ2) is 3.90. The number of rotatable bonds is 1. The van der Waals surface area contributed by atoms with Crippen LogP contribution in [0.4, 0.5) is 5.69 Å². The number of nitrogens with one attached hydrogen (secondary N) is 1. The van der Waals surface area contributed by atoms with Gasteiger partial charge in [0.15, 0.2) is 0 Å². The topological polar surface area (TPSA) is 64.3 Å². The highest BCUT2D eigenvalue weighted by atomic mass is 16.5. The lowest BCUT2D eigenvalue weighted by atomic mass is 9.95. The predicted octanol–water partition coefficient (Wildman–Crippen LogP) is 0.456. The van der Waals surface area contributed by atoms with E-state index in [0.29, 0.717) is 13.0 Å². The molecule has 4 heteroatoms. The van der Waals surface area contributed by atoms with Crippen molar-refractivity contribution in [1.82, 2.24) is 5.32 Å². The molecular formula is C11H14N2O2. The number of nitrogen functional groups attached to an aromatic ring is 1. The number of benzene rings is 1. The molecule has 0 spiro atoms. The number of fused-ring (bicyclic) bond motifs is 1. The first-order chi connectivity index (χ1) is 7.20. The molecule has 1 aliphatic rings. The number of methoxy groups -OCH3 is 1. The molecule has 0 unspecified atom stereocenters. The Morgan fingerprint density at radius 3 is 3.07 bits per heavy atom. The first-order valence-corrected chi connectivity index (χ1v) is 4.89. The molecule has 0 aliphatic carbocycles. The lowest BCUT2D eigenvalue weighted by molar-refractivity contribution is -0.143. The molecule has 0 saturated heterocycles. The van der Waals surface area contributed by atoms with Crippen LogP contribution >= 0.6 is 0 Å². The van der Waals surface area contributed by atoms with Crippen molar-refractivity contribution in [3.63, 3.8) is 0 Å². The molecule has 0 saturated carbocycles. The van der Waals surface area contributed by atoms with Gasteiger partial charge in [0.25, 0.3) is 0 Å². The van der Waals surface area contributed by atoms with Gasteiger partial charge in [-0.25, -0.2) is 0 Å². The summed E-state index contributed by atoms with van der Waals surface area (Å²) in [5.41, 5.74) is 8.77. The lowest BCUT2D eigenvalue weighted by Gasteiger charge is -2.24. The van der Waals surface area contributed by atoms with E-state index in [4.69, 9.17) is 10.5 Å². The lowest BCUT2D eigenvalue weighted by Crippen LogP contribution is -2.42. The number of carbonyl (C=O) groups excluding carboxylic acids is 1. The Balaban J connectivity index is 2.20. The van der Waals surface area contributed by atoms with Gasteiger partial charge in [0, 0.05) is 12.2 Å². The number of ether oxygens (including phenoxy) is 1. The largest absolute Gasteiger partial charge is 0.468 e. The maximum Gasteiger partial charge on any atom is 0.323 e. The summed E-state index contributed by atoms with van der Waals surface area (Å²) in [6.45, 7) is 0.667. The van der Waals surface area contributed by atoms with Gasteiger partial charge in [-0.15, -0.1) is 0 Å². The molecule has 3 N–H and O–H groups in total. The molecule has 15 heavy (non-hydrogen) atoms. The maximum absolute atomic E-state index is 11.3. The quantitative estimate of drug-likeness (QED) is 0.517. The number of esters is 1. The smallest absolute Gasteiger partial charge is 0.323 e. The molecule has 0 radical (unpaired) electrons. The fourth-order valence-corrected chi connectivity index (χ4v) is 1.84. The average Bonchev–Trinajstić information content (AvgIpc) is 2.27. The number of carbonyl (C=O) groups is 1. The molecule has 1 heterocycles. The van der Waals surface area contributed by atoms with Gasteiger partial charge in [-0.3, -0.25) is 4.79 Å². The van der Waals surface area contributed by atoms with Crippen molar-refractivity contribution >= 4 is 11.7 Å². The second-order valence-electron chi connectivity index (χ2n) is 3.69. The van der Waals surface area contributed by atoms with E-state index in [1.54, 1.807) is 0 Å². The summed E-state index contributed by atoms with van der Waals surface area (Å²) in [5, 5.41) is 3.12. The Hall–Kier alpha value is -1.55. The number of nitrogens with two attached hydrogens (primary N) is 1. The highest BCUT2D eigenvalue weighted by Crippen LogP contribution is 2.19. The van der Waals surface area contributed by atoms with Crippen molar-refractivity contribution < 1.29 is 9.53 Å². The van der Waals surface area contributed by atoms with Gasteiger partial charge in [0.05, 0.1) is 7.11 Å². The molecule has 0 amide bonds. The monoisotopic (exact) mass is 206 g/mol. The van der Waals surface area contributed by atoms with Crippen LogP contribution in [0.25, 0.3) is 0 Å². The van der Waals surface area contributed by atoms with Crippen molar-refractivity contribution in [2.75, 3.05) is 12.8 Å². The summed E-state index contributed by atoms with van der Waals surface area (Å²) in [6.07, 6.45) is 0.669. The number of hydrogen-bond acceptors (Lipinski definition) is 4. The molecule has 1 atom stereocenters. The van der Waals surface area contributed by atoms with Crippen LogP contribution in [0.1, 0.15) is 11.1 Å². The van der Waals surface area contributed by atoms with Gasteiger partial charge in [0.1, 0.15) is 6.04 Å². The van der Waals surface area contributed by atoms with E-state index >= 15 is 0 Å². The average molecular weight is 206 g/mol. The van der Waals surface area contributed by atoms with Crippen molar-refractivity contribution in [3.8, 4) is 0 Å². The standard InChI is InChI=1S/C11H14N2O2/c1-15-11(14)10-5-7-2-3-9(12)4-8(7)6-13-10/h2-4,10,13H,5-6,12H2,1H3/t10-/m0/s1. The third-order valence-corrected chi connectivity index (χ3v) is 2.68. The molecular weight excluding hydrogens is 192 g/mol. The van der Waals surface area contributed by atoms with Gasteiger partial charge >= 0.3 is 5.97 Å². The molecule has 1 aromatic carbocycles. The fraction of sp³-hybridized carbons (Fsp3) is 0.364. The van der Waals surface area contributed by atoms with Crippen LogP contribution in [0.5, 0.6) is 0 Å². The minimum absolute atomic E-state index is 0.211. The molecule has 80 valence electrons.